The number of benzene rings is 1. The summed E-state index contributed by atoms with van der Waals surface area (Å²) in [7, 11) is 0. The lowest BCUT2D eigenvalue weighted by molar-refractivity contribution is 0.262. The van der Waals surface area contributed by atoms with Gasteiger partial charge in [-0.05, 0) is 24.6 Å². The van der Waals surface area contributed by atoms with Crippen molar-refractivity contribution in [3.8, 4) is 5.75 Å². The molecule has 0 bridgehead atoms. The van der Waals surface area contributed by atoms with Crippen LogP contribution in [0, 0.1) is 0 Å². The van der Waals surface area contributed by atoms with Crippen molar-refractivity contribution in [2.24, 2.45) is 0 Å². The Morgan fingerprint density at radius 2 is 2.26 bits per heavy atom. The Bertz CT molecular complexity index is 555. The van der Waals surface area contributed by atoms with E-state index in [0.29, 0.717) is 12.5 Å². The SMILES string of the molecule is CCNCc1nnc(C2COc3ccccc3C2)s1. The smallest absolute Gasteiger partial charge is 0.131 e. The van der Waals surface area contributed by atoms with Gasteiger partial charge in [-0.15, -0.1) is 10.2 Å². The fraction of sp³-hybridized carbons (Fsp3) is 0.429. The van der Waals surface area contributed by atoms with Gasteiger partial charge >= 0.3 is 0 Å². The van der Waals surface area contributed by atoms with Gasteiger partial charge in [0.2, 0.25) is 0 Å². The standard InChI is InChI=1S/C14H17N3OS/c1-2-15-8-13-16-17-14(19-13)11-7-10-5-3-4-6-12(10)18-9-11/h3-6,11,15H,2,7-9H2,1H3. The van der Waals surface area contributed by atoms with E-state index in [1.165, 1.54) is 5.56 Å². The van der Waals surface area contributed by atoms with Crippen molar-refractivity contribution in [3.63, 3.8) is 0 Å². The molecule has 0 saturated carbocycles. The molecule has 1 unspecified atom stereocenters. The number of rotatable bonds is 4. The van der Waals surface area contributed by atoms with Crippen LogP contribution in [0.4, 0.5) is 0 Å². The Morgan fingerprint density at radius 3 is 3.16 bits per heavy atom. The zero-order valence-electron chi connectivity index (χ0n) is 10.9. The Hall–Kier alpha value is -1.46. The second-order valence-electron chi connectivity index (χ2n) is 4.63. The minimum absolute atomic E-state index is 0.336. The quantitative estimate of drug-likeness (QED) is 0.930. The van der Waals surface area contributed by atoms with Crippen molar-refractivity contribution < 1.29 is 4.74 Å². The monoisotopic (exact) mass is 275 g/mol. The van der Waals surface area contributed by atoms with E-state index < -0.39 is 0 Å². The maximum atomic E-state index is 5.80. The first-order chi connectivity index (χ1) is 9.36. The number of hydrogen-bond donors (Lipinski definition) is 1. The minimum atomic E-state index is 0.336. The largest absolute Gasteiger partial charge is 0.493 e. The normalized spacial score (nSPS) is 17.8. The maximum Gasteiger partial charge on any atom is 0.131 e. The molecule has 1 N–H and O–H groups in total. The Kier molecular flexibility index (Phi) is 3.75. The van der Waals surface area contributed by atoms with Gasteiger partial charge in [0, 0.05) is 6.54 Å². The lowest BCUT2D eigenvalue weighted by Gasteiger charge is -2.23. The highest BCUT2D eigenvalue weighted by molar-refractivity contribution is 7.11. The highest BCUT2D eigenvalue weighted by atomic mass is 32.1. The number of ether oxygens (including phenoxy) is 1. The summed E-state index contributed by atoms with van der Waals surface area (Å²) in [6, 6.07) is 8.23. The molecule has 2 heterocycles. The topological polar surface area (TPSA) is 47.0 Å². The van der Waals surface area contributed by atoms with E-state index in [9.17, 15) is 0 Å². The highest BCUT2D eigenvalue weighted by Gasteiger charge is 2.24. The van der Waals surface area contributed by atoms with E-state index in [1.807, 2.05) is 12.1 Å². The third-order valence-electron chi connectivity index (χ3n) is 3.24. The zero-order valence-corrected chi connectivity index (χ0v) is 11.7. The van der Waals surface area contributed by atoms with E-state index in [2.05, 4.69) is 34.6 Å². The van der Waals surface area contributed by atoms with Gasteiger partial charge in [0.25, 0.3) is 0 Å². The molecule has 0 saturated heterocycles. The van der Waals surface area contributed by atoms with E-state index >= 15 is 0 Å². The summed E-state index contributed by atoms with van der Waals surface area (Å²) in [4.78, 5) is 0. The number of nitrogens with zero attached hydrogens (tertiary/aromatic N) is 2. The fourth-order valence-electron chi connectivity index (χ4n) is 2.22. The molecular formula is C14H17N3OS. The summed E-state index contributed by atoms with van der Waals surface area (Å²) in [5.41, 5.74) is 1.27. The number of fused-ring (bicyclic) bond motifs is 1. The summed E-state index contributed by atoms with van der Waals surface area (Å²) < 4.78 is 5.80. The summed E-state index contributed by atoms with van der Waals surface area (Å²) in [6.07, 6.45) is 0.992. The molecule has 19 heavy (non-hydrogen) atoms. The lowest BCUT2D eigenvalue weighted by Crippen LogP contribution is -2.18. The number of para-hydroxylation sites is 1. The molecule has 5 heteroatoms. The third-order valence-corrected chi connectivity index (χ3v) is 4.32. The van der Waals surface area contributed by atoms with E-state index in [-0.39, 0.29) is 0 Å². The van der Waals surface area contributed by atoms with Crippen molar-refractivity contribution in [1.82, 2.24) is 15.5 Å². The molecule has 0 amide bonds. The van der Waals surface area contributed by atoms with Crippen LogP contribution in [0.1, 0.15) is 28.4 Å². The van der Waals surface area contributed by atoms with E-state index in [0.717, 1.165) is 35.3 Å². The minimum Gasteiger partial charge on any atom is -0.493 e. The van der Waals surface area contributed by atoms with Crippen molar-refractivity contribution in [3.05, 3.63) is 39.8 Å². The van der Waals surface area contributed by atoms with Gasteiger partial charge in [0.1, 0.15) is 15.8 Å². The molecular weight excluding hydrogens is 258 g/mol. The lowest BCUT2D eigenvalue weighted by atomic mass is 9.97. The van der Waals surface area contributed by atoms with Gasteiger partial charge in [-0.2, -0.15) is 0 Å². The second kappa shape index (κ2) is 5.67. The predicted molar refractivity (Wildman–Crippen MR) is 75.7 cm³/mol. The molecule has 3 rings (SSSR count). The number of hydrogen-bond acceptors (Lipinski definition) is 5. The molecule has 4 nitrogen and oxygen atoms in total. The summed E-state index contributed by atoms with van der Waals surface area (Å²) >= 11 is 1.69. The van der Waals surface area contributed by atoms with Gasteiger partial charge in [-0.25, -0.2) is 0 Å². The zero-order chi connectivity index (χ0) is 13.1. The molecule has 0 radical (unpaired) electrons. The maximum absolute atomic E-state index is 5.80. The predicted octanol–water partition coefficient (Wildman–Crippen LogP) is 2.37. The van der Waals surface area contributed by atoms with Crippen LogP contribution >= 0.6 is 11.3 Å². The van der Waals surface area contributed by atoms with Crippen LogP contribution in [0.25, 0.3) is 0 Å². The number of nitrogens with one attached hydrogen (secondary N) is 1. The van der Waals surface area contributed by atoms with Crippen LogP contribution in [0.3, 0.4) is 0 Å². The highest BCUT2D eigenvalue weighted by Crippen LogP contribution is 2.33. The molecule has 1 aliphatic heterocycles. The first-order valence-electron chi connectivity index (χ1n) is 6.60. The molecule has 0 aliphatic carbocycles. The van der Waals surface area contributed by atoms with Crippen LogP contribution in [-0.2, 0) is 13.0 Å². The van der Waals surface area contributed by atoms with Gasteiger partial charge < -0.3 is 10.1 Å². The second-order valence-corrected chi connectivity index (χ2v) is 5.73. The van der Waals surface area contributed by atoms with E-state index in [4.69, 9.17) is 4.74 Å². The molecule has 100 valence electrons. The molecule has 1 atom stereocenters. The van der Waals surface area contributed by atoms with Gasteiger partial charge in [-0.3, -0.25) is 0 Å². The van der Waals surface area contributed by atoms with Crippen LogP contribution in [0.2, 0.25) is 0 Å². The first-order valence-corrected chi connectivity index (χ1v) is 7.42. The van der Waals surface area contributed by atoms with Crippen LogP contribution in [-0.4, -0.2) is 23.3 Å². The molecule has 0 spiro atoms. The van der Waals surface area contributed by atoms with Crippen LogP contribution in [0.15, 0.2) is 24.3 Å². The van der Waals surface area contributed by atoms with Gasteiger partial charge in [-0.1, -0.05) is 36.5 Å². The fourth-order valence-corrected chi connectivity index (χ4v) is 3.12. The van der Waals surface area contributed by atoms with Gasteiger partial charge in [0.05, 0.1) is 12.5 Å². The third kappa shape index (κ3) is 2.77. The summed E-state index contributed by atoms with van der Waals surface area (Å²) in [5, 5.41) is 14.0. The summed E-state index contributed by atoms with van der Waals surface area (Å²) in [5.74, 6) is 1.35. The molecule has 1 aromatic heterocycles. The van der Waals surface area contributed by atoms with Crippen molar-refractivity contribution >= 4 is 11.3 Å². The van der Waals surface area contributed by atoms with Gasteiger partial charge in [0.15, 0.2) is 0 Å². The number of aromatic nitrogens is 2. The van der Waals surface area contributed by atoms with E-state index in [1.54, 1.807) is 11.3 Å². The van der Waals surface area contributed by atoms with Crippen molar-refractivity contribution in [2.75, 3.05) is 13.2 Å². The average molecular weight is 275 g/mol. The van der Waals surface area contributed by atoms with Crippen molar-refractivity contribution in [1.29, 1.82) is 0 Å². The average Bonchev–Trinajstić information content (AvgIpc) is 2.93. The van der Waals surface area contributed by atoms with Crippen molar-refractivity contribution in [2.45, 2.75) is 25.8 Å². The first kappa shape index (κ1) is 12.6. The molecule has 0 fully saturated rings. The Balaban J connectivity index is 1.72. The van der Waals surface area contributed by atoms with Crippen LogP contribution < -0.4 is 10.1 Å². The Morgan fingerprint density at radius 1 is 1.37 bits per heavy atom. The molecule has 2 aromatic rings. The molecule has 1 aliphatic rings. The Labute approximate surface area is 116 Å². The molecule has 1 aromatic carbocycles. The summed E-state index contributed by atoms with van der Waals surface area (Å²) in [6.45, 7) is 4.55. The van der Waals surface area contributed by atoms with Crippen LogP contribution in [0.5, 0.6) is 5.75 Å².